The summed E-state index contributed by atoms with van der Waals surface area (Å²) in [5.74, 6) is 0.327. The molecule has 0 radical (unpaired) electrons. The van der Waals surface area contributed by atoms with Gasteiger partial charge in [-0.25, -0.2) is 0 Å². The Bertz CT molecular complexity index is 3810. The summed E-state index contributed by atoms with van der Waals surface area (Å²) >= 11 is 0. The van der Waals surface area contributed by atoms with Gasteiger partial charge < -0.3 is 8.82 Å². The predicted molar refractivity (Wildman–Crippen MR) is 231 cm³/mol. The molecule has 18 rings (SSSR count). The van der Waals surface area contributed by atoms with Gasteiger partial charge in [0.1, 0.15) is 11.2 Å². The summed E-state index contributed by atoms with van der Waals surface area (Å²) < 4.78 is 9.69. The molecule has 5 aromatic heterocycles. The van der Waals surface area contributed by atoms with E-state index < -0.39 is 0 Å². The molecule has 12 aromatic rings. The lowest BCUT2D eigenvalue weighted by molar-refractivity contribution is 0.673. The van der Waals surface area contributed by atoms with E-state index >= 15 is 0 Å². The first-order valence-corrected chi connectivity index (χ1v) is 20.5. The Morgan fingerprint density at radius 2 is 0.897 bits per heavy atom. The molecule has 6 aliphatic rings. The molecular weight excluding hydrogens is 707 g/mol. The Balaban J connectivity index is 1.14. The molecule has 0 unspecified atom stereocenters. The van der Waals surface area contributed by atoms with E-state index in [0.717, 1.165) is 22.2 Å². The van der Waals surface area contributed by atoms with Crippen LogP contribution < -0.4 is 0 Å². The number of furan rings is 1. The Kier molecular flexibility index (Phi) is 4.81. The molecule has 4 nitrogen and oxygen atoms in total. The summed E-state index contributed by atoms with van der Waals surface area (Å²) in [5, 5.41) is 9.80. The van der Waals surface area contributed by atoms with E-state index in [1.165, 1.54) is 116 Å². The van der Waals surface area contributed by atoms with Crippen molar-refractivity contribution in [2.24, 2.45) is 0 Å². The highest BCUT2D eigenvalue weighted by atomic mass is 16.3. The third kappa shape index (κ3) is 3.05. The minimum Gasteiger partial charge on any atom is -0.455 e. The molecule has 266 valence electrons. The van der Waals surface area contributed by atoms with E-state index in [1.807, 2.05) is 0 Å². The summed E-state index contributed by atoms with van der Waals surface area (Å²) in [5.41, 5.74) is 21.5. The van der Waals surface area contributed by atoms with Crippen molar-refractivity contribution in [3.05, 3.63) is 219 Å². The van der Waals surface area contributed by atoms with Crippen molar-refractivity contribution in [3.8, 4) is 0 Å². The van der Waals surface area contributed by atoms with Crippen LogP contribution in [0.1, 0.15) is 90.7 Å². The molecule has 0 aliphatic heterocycles. The first-order chi connectivity index (χ1) is 28.8. The smallest absolute Gasteiger partial charge is 0.145 e. The Hall–Kier alpha value is -7.30. The number of hydrogen-bond acceptors (Lipinski definition) is 3. The van der Waals surface area contributed by atoms with Crippen LogP contribution in [0, 0.1) is 0 Å². The van der Waals surface area contributed by atoms with Gasteiger partial charge in [0, 0.05) is 38.8 Å². The Labute approximate surface area is 331 Å². The van der Waals surface area contributed by atoms with Crippen molar-refractivity contribution >= 4 is 70.8 Å². The van der Waals surface area contributed by atoms with Gasteiger partial charge in [0.15, 0.2) is 0 Å². The van der Waals surface area contributed by atoms with Gasteiger partial charge in [0.2, 0.25) is 0 Å². The number of rotatable bonds is 0. The van der Waals surface area contributed by atoms with Crippen molar-refractivity contribution in [2.75, 3.05) is 0 Å². The average Bonchev–Trinajstić information content (AvgIpc) is 3.95. The van der Waals surface area contributed by atoms with E-state index in [1.54, 1.807) is 0 Å². The molecule has 6 aliphatic carbocycles. The molecular formula is C54H29N3O. The lowest BCUT2D eigenvalue weighted by Crippen LogP contribution is -2.28. The fraction of sp³-hybridized carbons (Fsp3) is 0.0741. The van der Waals surface area contributed by atoms with Crippen molar-refractivity contribution in [3.63, 3.8) is 0 Å². The average molecular weight is 736 g/mol. The van der Waals surface area contributed by atoms with Crippen LogP contribution in [0.5, 0.6) is 0 Å². The van der Waals surface area contributed by atoms with Crippen LogP contribution >= 0.6 is 0 Å². The Morgan fingerprint density at radius 1 is 0.414 bits per heavy atom. The lowest BCUT2D eigenvalue weighted by Gasteiger charge is -2.41. The molecule has 7 aromatic carbocycles. The van der Waals surface area contributed by atoms with Gasteiger partial charge in [-0.3, -0.25) is 9.97 Å². The zero-order valence-electron chi connectivity index (χ0n) is 31.0. The number of pyridine rings is 2. The minimum atomic E-state index is 0.0656. The second kappa shape index (κ2) is 9.62. The zero-order valence-corrected chi connectivity index (χ0v) is 31.0. The fourth-order valence-electron chi connectivity index (χ4n) is 12.7. The van der Waals surface area contributed by atoms with Crippen LogP contribution in [0.3, 0.4) is 0 Å². The van der Waals surface area contributed by atoms with Gasteiger partial charge in [-0.05, 0) is 78.5 Å². The van der Waals surface area contributed by atoms with Crippen LogP contribution in [0.4, 0.5) is 0 Å². The monoisotopic (exact) mass is 735 g/mol. The van der Waals surface area contributed by atoms with Gasteiger partial charge in [0.05, 0.1) is 57.6 Å². The SMILES string of the molecule is c1ccc2c(c1)C1c3ccccc3C2c2c1ncc1c2c2cc3c(oc4ccc5ccccc5c43)c3c4c5c(ncc4n1c23)C1c2ccccc2C5c2ccccc21. The summed E-state index contributed by atoms with van der Waals surface area (Å²) in [4.78, 5) is 11.0. The number of fused-ring (bicyclic) bond motifs is 12. The first-order valence-electron chi connectivity index (χ1n) is 20.5. The second-order valence-electron chi connectivity index (χ2n) is 17.0. The quantitative estimate of drug-likeness (QED) is 0.156. The highest BCUT2D eigenvalue weighted by Crippen LogP contribution is 2.61. The summed E-state index contributed by atoms with van der Waals surface area (Å²) in [6.45, 7) is 0. The van der Waals surface area contributed by atoms with Crippen molar-refractivity contribution < 1.29 is 4.42 Å². The second-order valence-corrected chi connectivity index (χ2v) is 17.0. The van der Waals surface area contributed by atoms with Gasteiger partial charge in [0.25, 0.3) is 0 Å². The van der Waals surface area contributed by atoms with E-state index in [-0.39, 0.29) is 23.7 Å². The molecule has 0 fully saturated rings. The molecule has 5 heterocycles. The molecule has 4 heteroatoms. The van der Waals surface area contributed by atoms with Gasteiger partial charge in [-0.1, -0.05) is 127 Å². The van der Waals surface area contributed by atoms with Crippen LogP contribution in [0.15, 0.2) is 156 Å². The largest absolute Gasteiger partial charge is 0.455 e. The third-order valence-corrected chi connectivity index (χ3v) is 14.7. The fourth-order valence-corrected chi connectivity index (χ4v) is 12.7. The normalized spacial score (nSPS) is 19.4. The van der Waals surface area contributed by atoms with Crippen molar-refractivity contribution in [2.45, 2.75) is 23.7 Å². The number of aromatic nitrogens is 3. The van der Waals surface area contributed by atoms with Gasteiger partial charge in [-0.15, -0.1) is 0 Å². The molecule has 4 bridgehead atoms. The summed E-state index contributed by atoms with van der Waals surface area (Å²) in [7, 11) is 0. The predicted octanol–water partition coefficient (Wildman–Crippen LogP) is 12.7. The van der Waals surface area contributed by atoms with Crippen molar-refractivity contribution in [1.29, 1.82) is 0 Å². The molecule has 0 N–H and O–H groups in total. The number of nitrogens with zero attached hydrogens (tertiary/aromatic N) is 3. The van der Waals surface area contributed by atoms with Crippen LogP contribution in [-0.4, -0.2) is 14.4 Å². The number of hydrogen-bond donors (Lipinski definition) is 0. The van der Waals surface area contributed by atoms with Crippen LogP contribution in [-0.2, 0) is 0 Å². The third-order valence-electron chi connectivity index (χ3n) is 14.7. The minimum absolute atomic E-state index is 0.0656. The molecule has 0 atom stereocenters. The molecule has 0 amide bonds. The first kappa shape index (κ1) is 29.0. The molecule has 0 saturated heterocycles. The van der Waals surface area contributed by atoms with Gasteiger partial charge >= 0.3 is 0 Å². The summed E-state index contributed by atoms with van der Waals surface area (Å²) in [6.07, 6.45) is 4.34. The highest BCUT2D eigenvalue weighted by Gasteiger charge is 2.46. The zero-order chi connectivity index (χ0) is 37.1. The lowest BCUT2D eigenvalue weighted by atomic mass is 9.62. The van der Waals surface area contributed by atoms with E-state index in [9.17, 15) is 0 Å². The summed E-state index contributed by atoms with van der Waals surface area (Å²) in [6, 6.07) is 51.9. The molecule has 58 heavy (non-hydrogen) atoms. The van der Waals surface area contributed by atoms with Gasteiger partial charge in [-0.2, -0.15) is 0 Å². The van der Waals surface area contributed by atoms with Crippen LogP contribution in [0.25, 0.3) is 70.8 Å². The van der Waals surface area contributed by atoms with E-state index in [2.05, 4.69) is 156 Å². The highest BCUT2D eigenvalue weighted by molar-refractivity contribution is 6.35. The maximum absolute atomic E-state index is 7.19. The number of benzene rings is 7. The Morgan fingerprint density at radius 3 is 1.47 bits per heavy atom. The molecule has 0 spiro atoms. The maximum atomic E-state index is 7.19. The van der Waals surface area contributed by atoms with Crippen LogP contribution in [0.2, 0.25) is 0 Å². The van der Waals surface area contributed by atoms with E-state index in [0.29, 0.717) is 0 Å². The van der Waals surface area contributed by atoms with E-state index in [4.69, 9.17) is 14.4 Å². The van der Waals surface area contributed by atoms with Crippen molar-refractivity contribution in [1.82, 2.24) is 14.4 Å². The molecule has 0 saturated carbocycles. The topological polar surface area (TPSA) is 43.3 Å². The maximum Gasteiger partial charge on any atom is 0.145 e. The standard InChI is InChI=1S/C54H29N3O/c1-2-12-27-26(11-1)21-22-40-41(27)37-23-36-46-38(24-55-51-44-32-17-7-3-13-28(32)42(48(46)51)29-14-4-8-18-33(29)44)57-39-25-56-52-45-34-19-9-5-15-30(34)43(31-16-6-10-20-35(31)45)49(52)47(39)50(53(36)57)54(37)58-40/h1-25,42-45H.